The highest BCUT2D eigenvalue weighted by Crippen LogP contribution is 2.17. The number of hydrogen-bond donors (Lipinski definition) is 1. The Morgan fingerprint density at radius 1 is 1.12 bits per heavy atom. The molecule has 134 valence electrons. The molecule has 0 bridgehead atoms. The first kappa shape index (κ1) is 18.6. The molecule has 0 saturated heterocycles. The third-order valence-corrected chi connectivity index (χ3v) is 3.82. The second kappa shape index (κ2) is 9.52. The Bertz CT molecular complexity index is 670. The number of pyridine rings is 1. The lowest BCUT2D eigenvalue weighted by molar-refractivity contribution is 0.0942. The molecule has 0 aliphatic rings. The largest absolute Gasteiger partial charge is 0.497 e. The van der Waals surface area contributed by atoms with Crippen molar-refractivity contribution in [2.75, 3.05) is 38.3 Å². The van der Waals surface area contributed by atoms with Crippen LogP contribution in [0.15, 0.2) is 42.6 Å². The SMILES string of the molecule is CCN(CC)c1ccnc(C(=O)NCCOc2ccc(OC)cc2)c1. The average molecular weight is 343 g/mol. The van der Waals surface area contributed by atoms with Gasteiger partial charge in [-0.3, -0.25) is 9.78 Å². The maximum atomic E-state index is 12.2. The van der Waals surface area contributed by atoms with Crippen molar-refractivity contribution in [3.63, 3.8) is 0 Å². The third kappa shape index (κ3) is 5.38. The van der Waals surface area contributed by atoms with E-state index in [0.717, 1.165) is 30.3 Å². The monoisotopic (exact) mass is 343 g/mol. The maximum Gasteiger partial charge on any atom is 0.270 e. The second-order valence-corrected chi connectivity index (χ2v) is 5.35. The van der Waals surface area contributed by atoms with Crippen LogP contribution in [0.4, 0.5) is 5.69 Å². The topological polar surface area (TPSA) is 63.7 Å². The number of carbonyl (C=O) groups excluding carboxylic acids is 1. The number of aromatic nitrogens is 1. The van der Waals surface area contributed by atoms with Crippen LogP contribution in [0.25, 0.3) is 0 Å². The lowest BCUT2D eigenvalue weighted by Gasteiger charge is -2.21. The second-order valence-electron chi connectivity index (χ2n) is 5.35. The minimum absolute atomic E-state index is 0.202. The number of ether oxygens (including phenoxy) is 2. The number of rotatable bonds is 9. The molecule has 1 aromatic heterocycles. The van der Waals surface area contributed by atoms with E-state index >= 15 is 0 Å². The summed E-state index contributed by atoms with van der Waals surface area (Å²) >= 11 is 0. The maximum absolute atomic E-state index is 12.2. The van der Waals surface area contributed by atoms with Gasteiger partial charge in [0.25, 0.3) is 5.91 Å². The summed E-state index contributed by atoms with van der Waals surface area (Å²) in [4.78, 5) is 18.6. The molecule has 0 unspecified atom stereocenters. The van der Waals surface area contributed by atoms with Crippen LogP contribution in [0.2, 0.25) is 0 Å². The Balaban J connectivity index is 1.82. The number of methoxy groups -OCH3 is 1. The summed E-state index contributed by atoms with van der Waals surface area (Å²) in [6.07, 6.45) is 1.66. The molecule has 0 saturated carbocycles. The lowest BCUT2D eigenvalue weighted by Crippen LogP contribution is -2.29. The molecule has 1 N–H and O–H groups in total. The molecule has 25 heavy (non-hydrogen) atoms. The normalized spacial score (nSPS) is 10.2. The summed E-state index contributed by atoms with van der Waals surface area (Å²) < 4.78 is 10.7. The van der Waals surface area contributed by atoms with Gasteiger partial charge in [0.1, 0.15) is 23.8 Å². The third-order valence-electron chi connectivity index (χ3n) is 3.82. The molecule has 0 atom stereocenters. The van der Waals surface area contributed by atoms with E-state index in [2.05, 4.69) is 29.0 Å². The van der Waals surface area contributed by atoms with Gasteiger partial charge in [-0.1, -0.05) is 0 Å². The van der Waals surface area contributed by atoms with Crippen LogP contribution in [-0.2, 0) is 0 Å². The molecule has 0 aliphatic heterocycles. The zero-order chi connectivity index (χ0) is 18.1. The van der Waals surface area contributed by atoms with Gasteiger partial charge in [0.05, 0.1) is 13.7 Å². The standard InChI is InChI=1S/C19H25N3O3/c1-4-22(5-2)15-10-11-20-18(14-15)19(23)21-12-13-25-17-8-6-16(24-3)7-9-17/h6-11,14H,4-5,12-13H2,1-3H3,(H,21,23). The Morgan fingerprint density at radius 2 is 1.80 bits per heavy atom. The number of nitrogens with one attached hydrogen (secondary N) is 1. The van der Waals surface area contributed by atoms with Crippen molar-refractivity contribution in [1.29, 1.82) is 0 Å². The van der Waals surface area contributed by atoms with E-state index in [1.54, 1.807) is 13.3 Å². The lowest BCUT2D eigenvalue weighted by atomic mass is 10.2. The van der Waals surface area contributed by atoms with Crippen molar-refractivity contribution in [3.8, 4) is 11.5 Å². The fourth-order valence-electron chi connectivity index (χ4n) is 2.42. The molecule has 2 rings (SSSR count). The van der Waals surface area contributed by atoms with Crippen LogP contribution in [0.5, 0.6) is 11.5 Å². The molecule has 0 fully saturated rings. The van der Waals surface area contributed by atoms with Gasteiger partial charge in [-0.2, -0.15) is 0 Å². The van der Waals surface area contributed by atoms with E-state index in [1.165, 1.54) is 0 Å². The molecule has 0 radical (unpaired) electrons. The van der Waals surface area contributed by atoms with E-state index in [0.29, 0.717) is 18.8 Å². The molecule has 1 amide bonds. The van der Waals surface area contributed by atoms with Crippen LogP contribution in [-0.4, -0.2) is 44.2 Å². The highest BCUT2D eigenvalue weighted by atomic mass is 16.5. The predicted octanol–water partition coefficient (Wildman–Crippen LogP) is 2.75. The molecule has 6 heteroatoms. The number of hydrogen-bond acceptors (Lipinski definition) is 5. The summed E-state index contributed by atoms with van der Waals surface area (Å²) in [6, 6.07) is 11.0. The highest BCUT2D eigenvalue weighted by molar-refractivity contribution is 5.93. The number of carbonyl (C=O) groups is 1. The summed E-state index contributed by atoms with van der Waals surface area (Å²) in [5.74, 6) is 1.31. The van der Waals surface area contributed by atoms with Crippen LogP contribution in [0.1, 0.15) is 24.3 Å². The van der Waals surface area contributed by atoms with E-state index < -0.39 is 0 Å². The molecule has 1 aromatic carbocycles. The smallest absolute Gasteiger partial charge is 0.270 e. The van der Waals surface area contributed by atoms with E-state index in [9.17, 15) is 4.79 Å². The van der Waals surface area contributed by atoms with Crippen LogP contribution < -0.4 is 19.7 Å². The van der Waals surface area contributed by atoms with Gasteiger partial charge in [0, 0.05) is 25.0 Å². The summed E-state index contributed by atoms with van der Waals surface area (Å²) in [5, 5.41) is 2.82. The molecule has 0 spiro atoms. The summed E-state index contributed by atoms with van der Waals surface area (Å²) in [5.41, 5.74) is 1.41. The van der Waals surface area contributed by atoms with Gasteiger partial charge in [0.15, 0.2) is 0 Å². The van der Waals surface area contributed by atoms with Crippen molar-refractivity contribution < 1.29 is 14.3 Å². The van der Waals surface area contributed by atoms with Gasteiger partial charge < -0.3 is 19.7 Å². The van der Waals surface area contributed by atoms with Gasteiger partial charge in [-0.05, 0) is 50.2 Å². The van der Waals surface area contributed by atoms with Crippen molar-refractivity contribution in [1.82, 2.24) is 10.3 Å². The molecule has 1 heterocycles. The molecule has 0 aliphatic carbocycles. The average Bonchev–Trinajstić information content (AvgIpc) is 2.67. The Labute approximate surface area is 148 Å². The fourth-order valence-corrected chi connectivity index (χ4v) is 2.42. The predicted molar refractivity (Wildman–Crippen MR) is 98.6 cm³/mol. The van der Waals surface area contributed by atoms with Crippen LogP contribution in [0, 0.1) is 0 Å². The van der Waals surface area contributed by atoms with E-state index in [4.69, 9.17) is 9.47 Å². The number of amides is 1. The molecular formula is C19H25N3O3. The van der Waals surface area contributed by atoms with Gasteiger partial charge in [-0.15, -0.1) is 0 Å². The van der Waals surface area contributed by atoms with Crippen LogP contribution >= 0.6 is 0 Å². The highest BCUT2D eigenvalue weighted by Gasteiger charge is 2.09. The first-order chi connectivity index (χ1) is 12.2. The van der Waals surface area contributed by atoms with Gasteiger partial charge in [-0.25, -0.2) is 0 Å². The van der Waals surface area contributed by atoms with Crippen molar-refractivity contribution in [2.45, 2.75) is 13.8 Å². The van der Waals surface area contributed by atoms with E-state index in [-0.39, 0.29) is 5.91 Å². The fraction of sp³-hybridized carbons (Fsp3) is 0.368. The Hall–Kier alpha value is -2.76. The van der Waals surface area contributed by atoms with Crippen molar-refractivity contribution in [3.05, 3.63) is 48.3 Å². The Morgan fingerprint density at radius 3 is 2.44 bits per heavy atom. The summed E-state index contributed by atoms with van der Waals surface area (Å²) in [7, 11) is 1.62. The first-order valence-electron chi connectivity index (χ1n) is 8.44. The van der Waals surface area contributed by atoms with Crippen molar-refractivity contribution >= 4 is 11.6 Å². The number of anilines is 1. The first-order valence-corrected chi connectivity index (χ1v) is 8.44. The quantitative estimate of drug-likeness (QED) is 0.709. The number of benzene rings is 1. The van der Waals surface area contributed by atoms with E-state index in [1.807, 2.05) is 36.4 Å². The van der Waals surface area contributed by atoms with Gasteiger partial charge >= 0.3 is 0 Å². The molecular weight excluding hydrogens is 318 g/mol. The van der Waals surface area contributed by atoms with Crippen molar-refractivity contribution in [2.24, 2.45) is 0 Å². The van der Waals surface area contributed by atoms with Crippen LogP contribution in [0.3, 0.4) is 0 Å². The minimum atomic E-state index is -0.202. The molecule has 6 nitrogen and oxygen atoms in total. The number of nitrogens with zero attached hydrogens (tertiary/aromatic N) is 2. The summed E-state index contributed by atoms with van der Waals surface area (Å²) in [6.45, 7) is 6.73. The van der Waals surface area contributed by atoms with Gasteiger partial charge in [0.2, 0.25) is 0 Å². The Kier molecular flexibility index (Phi) is 7.07. The molecule has 2 aromatic rings. The zero-order valence-electron chi connectivity index (χ0n) is 15.0. The minimum Gasteiger partial charge on any atom is -0.497 e. The zero-order valence-corrected chi connectivity index (χ0v) is 15.0.